The minimum atomic E-state index is 0.963. The normalized spacial score (nSPS) is 11.2. The van der Waals surface area contributed by atoms with Crippen molar-refractivity contribution in [3.05, 3.63) is 6.42 Å². The van der Waals surface area contributed by atoms with E-state index in [2.05, 4.69) is 20.3 Å². The molecule has 0 spiro atoms. The van der Waals surface area contributed by atoms with E-state index in [1.165, 1.54) is 109 Å². The molecule has 0 saturated carbocycles. The maximum atomic E-state index is 5.59. The molecule has 0 saturated heterocycles. The van der Waals surface area contributed by atoms with E-state index in [0.29, 0.717) is 0 Å². The molecule has 0 amide bonds. The zero-order valence-corrected chi connectivity index (χ0v) is 16.4. The van der Waals surface area contributed by atoms with Gasteiger partial charge in [-0.15, -0.1) is 0 Å². The zero-order chi connectivity index (χ0) is 16.8. The Hall–Kier alpha value is -0.0400. The van der Waals surface area contributed by atoms with Crippen molar-refractivity contribution < 1.29 is 4.74 Å². The zero-order valence-electron chi connectivity index (χ0n) is 16.4. The summed E-state index contributed by atoms with van der Waals surface area (Å²) in [5, 5.41) is 0. The van der Waals surface area contributed by atoms with E-state index in [0.717, 1.165) is 13.2 Å². The highest BCUT2D eigenvalue weighted by Crippen LogP contribution is 2.13. The van der Waals surface area contributed by atoms with E-state index >= 15 is 0 Å². The lowest BCUT2D eigenvalue weighted by molar-refractivity contribution is 0.127. The molecule has 0 aromatic rings. The fourth-order valence-corrected chi connectivity index (χ4v) is 2.94. The van der Waals surface area contributed by atoms with Crippen LogP contribution in [0.1, 0.15) is 123 Å². The summed E-state index contributed by atoms with van der Waals surface area (Å²) in [6, 6.07) is 0. The molecule has 0 N–H and O–H groups in total. The maximum absolute atomic E-state index is 5.59. The quantitative estimate of drug-likeness (QED) is 0.207. The summed E-state index contributed by atoms with van der Waals surface area (Å²) < 4.78 is 5.59. The molecule has 0 aliphatic heterocycles. The molecule has 139 valence electrons. The van der Waals surface area contributed by atoms with Gasteiger partial charge in [-0.05, 0) is 19.3 Å². The Bertz CT molecular complexity index is 170. The van der Waals surface area contributed by atoms with Crippen LogP contribution >= 0.6 is 0 Å². The van der Waals surface area contributed by atoms with Crippen molar-refractivity contribution in [2.75, 3.05) is 13.2 Å². The molecule has 0 rings (SSSR count). The Morgan fingerprint density at radius 2 is 0.913 bits per heavy atom. The van der Waals surface area contributed by atoms with Gasteiger partial charge in [0.2, 0.25) is 0 Å². The molecule has 0 unspecified atom stereocenters. The highest BCUT2D eigenvalue weighted by molar-refractivity contribution is 4.64. The van der Waals surface area contributed by atoms with Crippen molar-refractivity contribution in [1.29, 1.82) is 0 Å². The monoisotopic (exact) mass is 325 g/mol. The molecular weight excluding hydrogens is 280 g/mol. The van der Waals surface area contributed by atoms with Crippen molar-refractivity contribution >= 4 is 0 Å². The van der Waals surface area contributed by atoms with E-state index in [9.17, 15) is 0 Å². The number of ether oxygens (including phenoxy) is 1. The van der Waals surface area contributed by atoms with Crippen LogP contribution in [0.3, 0.4) is 0 Å². The Morgan fingerprint density at radius 3 is 1.48 bits per heavy atom. The number of unbranched alkanes of at least 4 members (excludes halogenated alkanes) is 16. The molecule has 0 bridgehead atoms. The lowest BCUT2D eigenvalue weighted by atomic mass is 10.0. The smallest absolute Gasteiger partial charge is 0.0466 e. The minimum absolute atomic E-state index is 0.963. The first-order valence-corrected chi connectivity index (χ1v) is 10.8. The molecule has 1 nitrogen and oxygen atoms in total. The van der Waals surface area contributed by atoms with E-state index in [4.69, 9.17) is 4.74 Å². The standard InChI is InChI=1S/C22H45O/c1-3-5-7-8-9-10-11-12-13-14-15-16-17-18-19-20-22-23-21-6-4-2/h13H,3-12,14-22H2,1-2H3. The molecule has 0 heterocycles. The van der Waals surface area contributed by atoms with Crippen LogP contribution in [0.25, 0.3) is 0 Å². The molecule has 0 atom stereocenters. The summed E-state index contributed by atoms with van der Waals surface area (Å²) in [4.78, 5) is 0. The van der Waals surface area contributed by atoms with Crippen LogP contribution in [0.2, 0.25) is 0 Å². The second-order valence-corrected chi connectivity index (χ2v) is 7.07. The lowest BCUT2D eigenvalue weighted by Gasteiger charge is -2.04. The lowest BCUT2D eigenvalue weighted by Crippen LogP contribution is -1.96. The molecule has 0 fully saturated rings. The summed E-state index contributed by atoms with van der Waals surface area (Å²) >= 11 is 0. The van der Waals surface area contributed by atoms with Gasteiger partial charge in [0.15, 0.2) is 0 Å². The maximum Gasteiger partial charge on any atom is 0.0466 e. The number of hydrogen-bond acceptors (Lipinski definition) is 1. The van der Waals surface area contributed by atoms with Crippen LogP contribution in [0.15, 0.2) is 0 Å². The predicted octanol–water partition coefficient (Wildman–Crippen LogP) is 7.88. The van der Waals surface area contributed by atoms with Gasteiger partial charge in [0.1, 0.15) is 0 Å². The average Bonchev–Trinajstić information content (AvgIpc) is 2.57. The van der Waals surface area contributed by atoms with E-state index in [-0.39, 0.29) is 0 Å². The fraction of sp³-hybridized carbons (Fsp3) is 0.955. The van der Waals surface area contributed by atoms with Crippen LogP contribution in [0, 0.1) is 6.42 Å². The summed E-state index contributed by atoms with van der Waals surface area (Å²) in [6.07, 6.45) is 26.0. The summed E-state index contributed by atoms with van der Waals surface area (Å²) in [5.41, 5.74) is 0. The topological polar surface area (TPSA) is 9.23 Å². The second-order valence-electron chi connectivity index (χ2n) is 7.07. The molecule has 0 aromatic heterocycles. The third-order valence-corrected chi connectivity index (χ3v) is 4.60. The van der Waals surface area contributed by atoms with Gasteiger partial charge in [0.05, 0.1) is 0 Å². The van der Waals surface area contributed by atoms with Gasteiger partial charge in [0, 0.05) is 13.2 Å². The molecule has 0 aliphatic rings. The van der Waals surface area contributed by atoms with Gasteiger partial charge >= 0.3 is 0 Å². The molecule has 1 radical (unpaired) electrons. The highest BCUT2D eigenvalue weighted by atomic mass is 16.5. The van der Waals surface area contributed by atoms with Gasteiger partial charge in [0.25, 0.3) is 0 Å². The number of hydrogen-bond donors (Lipinski definition) is 0. The van der Waals surface area contributed by atoms with Crippen LogP contribution in [0.4, 0.5) is 0 Å². The van der Waals surface area contributed by atoms with Gasteiger partial charge < -0.3 is 4.74 Å². The van der Waals surface area contributed by atoms with Crippen LogP contribution < -0.4 is 0 Å². The van der Waals surface area contributed by atoms with Gasteiger partial charge in [-0.3, -0.25) is 0 Å². The highest BCUT2D eigenvalue weighted by Gasteiger charge is 1.95. The van der Waals surface area contributed by atoms with Crippen LogP contribution in [0.5, 0.6) is 0 Å². The third kappa shape index (κ3) is 22.0. The first-order chi connectivity index (χ1) is 11.4. The molecule has 0 aliphatic carbocycles. The molecule has 0 aromatic carbocycles. The van der Waals surface area contributed by atoms with Crippen molar-refractivity contribution in [3.63, 3.8) is 0 Å². The van der Waals surface area contributed by atoms with Crippen LogP contribution in [-0.2, 0) is 4.74 Å². The summed E-state index contributed by atoms with van der Waals surface area (Å²) in [7, 11) is 0. The Labute approximate surface area is 148 Å². The van der Waals surface area contributed by atoms with Crippen molar-refractivity contribution in [1.82, 2.24) is 0 Å². The average molecular weight is 326 g/mol. The van der Waals surface area contributed by atoms with Crippen molar-refractivity contribution in [3.8, 4) is 0 Å². The summed E-state index contributed by atoms with van der Waals surface area (Å²) in [6.45, 7) is 6.45. The fourth-order valence-electron chi connectivity index (χ4n) is 2.94. The van der Waals surface area contributed by atoms with Crippen molar-refractivity contribution in [2.45, 2.75) is 123 Å². The third-order valence-electron chi connectivity index (χ3n) is 4.60. The molecule has 23 heavy (non-hydrogen) atoms. The Morgan fingerprint density at radius 1 is 0.478 bits per heavy atom. The molecule has 1 heteroatoms. The van der Waals surface area contributed by atoms with Crippen LogP contribution in [-0.4, -0.2) is 13.2 Å². The van der Waals surface area contributed by atoms with E-state index in [1.807, 2.05) is 0 Å². The minimum Gasteiger partial charge on any atom is -0.381 e. The van der Waals surface area contributed by atoms with E-state index in [1.54, 1.807) is 0 Å². The van der Waals surface area contributed by atoms with Gasteiger partial charge in [-0.25, -0.2) is 0 Å². The molecular formula is C22H45O. The Kier molecular flexibility index (Phi) is 21.9. The number of rotatable bonds is 20. The second kappa shape index (κ2) is 22.0. The van der Waals surface area contributed by atoms with Gasteiger partial charge in [-0.1, -0.05) is 110 Å². The SMILES string of the molecule is CCCCCCCCC[CH]CCCCCCCCOCCCC. The van der Waals surface area contributed by atoms with Crippen molar-refractivity contribution in [2.24, 2.45) is 0 Å². The Balaban J connectivity index is 2.92. The first kappa shape index (κ1) is 23.0. The van der Waals surface area contributed by atoms with E-state index < -0.39 is 0 Å². The predicted molar refractivity (Wildman–Crippen MR) is 105 cm³/mol. The first-order valence-electron chi connectivity index (χ1n) is 10.8. The largest absolute Gasteiger partial charge is 0.381 e. The van der Waals surface area contributed by atoms with Gasteiger partial charge in [-0.2, -0.15) is 0 Å². The summed E-state index contributed by atoms with van der Waals surface area (Å²) in [5.74, 6) is 0.